The lowest BCUT2D eigenvalue weighted by atomic mass is 10.1. The molecule has 1 aliphatic rings. The molecule has 3 heterocycles. The number of aromatic nitrogens is 4. The fourth-order valence-corrected chi connectivity index (χ4v) is 3.54. The fraction of sp³-hybridized carbons (Fsp3) is 0.400. The Labute approximate surface area is 158 Å². The lowest BCUT2D eigenvalue weighted by Gasteiger charge is -2.32. The predicted molar refractivity (Wildman–Crippen MR) is 101 cm³/mol. The summed E-state index contributed by atoms with van der Waals surface area (Å²) in [6.07, 6.45) is 3.45. The van der Waals surface area contributed by atoms with Gasteiger partial charge in [-0.3, -0.25) is 4.79 Å². The largest absolute Gasteiger partial charge is 0.458 e. The van der Waals surface area contributed by atoms with Crippen LogP contribution in [0.5, 0.6) is 6.01 Å². The molecular weight excluding hydrogens is 342 g/mol. The van der Waals surface area contributed by atoms with E-state index >= 15 is 0 Å². The number of carbonyl (C=O) groups excluding carboxylic acids is 1. The summed E-state index contributed by atoms with van der Waals surface area (Å²) < 4.78 is 7.87. The number of hydrogen-bond acceptors (Lipinski definition) is 5. The van der Waals surface area contributed by atoms with Crippen LogP contribution in [0.3, 0.4) is 0 Å². The molecular formula is C20H23N5O2. The standard InChI is InChI=1S/C20H23N5O2/c1-14-10-15(2)23-20(22-14)27-16-6-5-9-24(11-16)19(26)12-25-13-21-17-7-3-4-8-18(17)25/h3-4,7-8,10,13,16H,5-6,9,11-12H2,1-2H3. The quantitative estimate of drug-likeness (QED) is 0.710. The lowest BCUT2D eigenvalue weighted by molar-refractivity contribution is -0.134. The van der Waals surface area contributed by atoms with Crippen molar-refractivity contribution in [2.45, 2.75) is 39.3 Å². The maximum absolute atomic E-state index is 12.8. The van der Waals surface area contributed by atoms with Crippen LogP contribution in [0.4, 0.5) is 0 Å². The SMILES string of the molecule is Cc1cc(C)nc(OC2CCCN(C(=O)Cn3cnc4ccccc43)C2)n1. The Morgan fingerprint density at radius 2 is 2.00 bits per heavy atom. The number of likely N-dealkylation sites (tertiary alicyclic amines) is 1. The van der Waals surface area contributed by atoms with Crippen LogP contribution < -0.4 is 4.74 Å². The summed E-state index contributed by atoms with van der Waals surface area (Å²) in [6.45, 7) is 5.44. The Morgan fingerprint density at radius 3 is 2.81 bits per heavy atom. The van der Waals surface area contributed by atoms with Gasteiger partial charge in [0.1, 0.15) is 12.6 Å². The number of hydrogen-bond donors (Lipinski definition) is 0. The zero-order valence-corrected chi connectivity index (χ0v) is 15.6. The highest BCUT2D eigenvalue weighted by molar-refractivity contribution is 5.80. The van der Waals surface area contributed by atoms with E-state index in [0.717, 1.165) is 41.8 Å². The molecule has 140 valence electrons. The molecule has 1 atom stereocenters. The number of para-hydroxylation sites is 2. The van der Waals surface area contributed by atoms with Crippen molar-refractivity contribution in [1.29, 1.82) is 0 Å². The van der Waals surface area contributed by atoms with Crippen LogP contribution in [0.25, 0.3) is 11.0 Å². The third-order valence-electron chi connectivity index (χ3n) is 4.80. The van der Waals surface area contributed by atoms with Gasteiger partial charge in [0.05, 0.1) is 23.9 Å². The third kappa shape index (κ3) is 3.92. The molecule has 3 aromatic rings. The first kappa shape index (κ1) is 17.5. The molecule has 0 N–H and O–H groups in total. The maximum atomic E-state index is 12.8. The van der Waals surface area contributed by atoms with Gasteiger partial charge in [-0.05, 0) is 44.9 Å². The van der Waals surface area contributed by atoms with Crippen LogP contribution >= 0.6 is 0 Å². The Hall–Kier alpha value is -2.96. The van der Waals surface area contributed by atoms with Crippen LogP contribution in [-0.2, 0) is 11.3 Å². The zero-order chi connectivity index (χ0) is 18.8. The molecule has 0 aliphatic carbocycles. The minimum atomic E-state index is -0.0802. The number of fused-ring (bicyclic) bond motifs is 1. The molecule has 1 amide bonds. The van der Waals surface area contributed by atoms with Crippen LogP contribution in [0.2, 0.25) is 0 Å². The van der Waals surface area contributed by atoms with E-state index in [1.165, 1.54) is 0 Å². The average Bonchev–Trinajstić information content (AvgIpc) is 3.04. The van der Waals surface area contributed by atoms with E-state index in [2.05, 4.69) is 15.0 Å². The fourth-order valence-electron chi connectivity index (χ4n) is 3.54. The molecule has 0 saturated carbocycles. The van der Waals surface area contributed by atoms with Crippen molar-refractivity contribution in [3.63, 3.8) is 0 Å². The molecule has 0 radical (unpaired) electrons. The molecule has 1 aliphatic heterocycles. The summed E-state index contributed by atoms with van der Waals surface area (Å²) in [5.41, 5.74) is 3.64. The highest BCUT2D eigenvalue weighted by Gasteiger charge is 2.26. The number of nitrogens with zero attached hydrogens (tertiary/aromatic N) is 5. The molecule has 0 spiro atoms. The topological polar surface area (TPSA) is 73.1 Å². The van der Waals surface area contributed by atoms with Crippen molar-refractivity contribution < 1.29 is 9.53 Å². The first-order valence-corrected chi connectivity index (χ1v) is 9.25. The first-order chi connectivity index (χ1) is 13.1. The third-order valence-corrected chi connectivity index (χ3v) is 4.80. The van der Waals surface area contributed by atoms with Gasteiger partial charge in [0.2, 0.25) is 5.91 Å². The van der Waals surface area contributed by atoms with Gasteiger partial charge in [-0.1, -0.05) is 12.1 Å². The van der Waals surface area contributed by atoms with E-state index in [0.29, 0.717) is 12.6 Å². The number of benzene rings is 1. The van der Waals surface area contributed by atoms with Crippen molar-refractivity contribution in [3.8, 4) is 6.01 Å². The number of imidazole rings is 1. The molecule has 1 fully saturated rings. The summed E-state index contributed by atoms with van der Waals surface area (Å²) in [5.74, 6) is 0.0767. The van der Waals surface area contributed by atoms with Gasteiger partial charge >= 0.3 is 6.01 Å². The van der Waals surface area contributed by atoms with E-state index in [1.807, 2.05) is 53.6 Å². The molecule has 27 heavy (non-hydrogen) atoms. The summed E-state index contributed by atoms with van der Waals surface area (Å²) in [7, 11) is 0. The van der Waals surface area contributed by atoms with E-state index in [4.69, 9.17) is 4.74 Å². The maximum Gasteiger partial charge on any atom is 0.317 e. The van der Waals surface area contributed by atoms with Crippen LogP contribution in [0, 0.1) is 13.8 Å². The van der Waals surface area contributed by atoms with Crippen molar-refractivity contribution in [2.24, 2.45) is 0 Å². The van der Waals surface area contributed by atoms with E-state index in [-0.39, 0.29) is 18.6 Å². The Bertz CT molecular complexity index is 948. The van der Waals surface area contributed by atoms with Crippen LogP contribution in [0.15, 0.2) is 36.7 Å². The van der Waals surface area contributed by atoms with Crippen LogP contribution in [0.1, 0.15) is 24.2 Å². The smallest absolute Gasteiger partial charge is 0.317 e. The Kier molecular flexibility index (Phi) is 4.75. The summed E-state index contributed by atoms with van der Waals surface area (Å²) in [5, 5.41) is 0. The van der Waals surface area contributed by atoms with Gasteiger partial charge in [-0.25, -0.2) is 15.0 Å². The summed E-state index contributed by atoms with van der Waals surface area (Å²) >= 11 is 0. The lowest BCUT2D eigenvalue weighted by Crippen LogP contribution is -2.45. The molecule has 7 heteroatoms. The average molecular weight is 365 g/mol. The van der Waals surface area contributed by atoms with Gasteiger partial charge in [0.15, 0.2) is 0 Å². The van der Waals surface area contributed by atoms with E-state index in [9.17, 15) is 4.79 Å². The number of amides is 1. The zero-order valence-electron chi connectivity index (χ0n) is 15.6. The molecule has 7 nitrogen and oxygen atoms in total. The van der Waals surface area contributed by atoms with Gasteiger partial charge in [-0.2, -0.15) is 0 Å². The second-order valence-corrected chi connectivity index (χ2v) is 7.02. The second kappa shape index (κ2) is 7.34. The van der Waals surface area contributed by atoms with Crippen molar-refractivity contribution in [1.82, 2.24) is 24.4 Å². The molecule has 1 unspecified atom stereocenters. The van der Waals surface area contributed by atoms with Crippen molar-refractivity contribution >= 4 is 16.9 Å². The molecule has 2 aromatic heterocycles. The normalized spacial score (nSPS) is 17.3. The monoisotopic (exact) mass is 365 g/mol. The predicted octanol–water partition coefficient (Wildman–Crippen LogP) is 2.51. The van der Waals surface area contributed by atoms with Gasteiger partial charge in [-0.15, -0.1) is 0 Å². The Morgan fingerprint density at radius 1 is 1.22 bits per heavy atom. The van der Waals surface area contributed by atoms with Crippen molar-refractivity contribution in [2.75, 3.05) is 13.1 Å². The van der Waals surface area contributed by atoms with E-state index in [1.54, 1.807) is 6.33 Å². The Balaban J connectivity index is 1.42. The molecule has 4 rings (SSSR count). The molecule has 1 saturated heterocycles. The number of ether oxygens (including phenoxy) is 1. The number of piperidine rings is 1. The first-order valence-electron chi connectivity index (χ1n) is 9.25. The second-order valence-electron chi connectivity index (χ2n) is 7.02. The highest BCUT2D eigenvalue weighted by atomic mass is 16.5. The van der Waals surface area contributed by atoms with E-state index < -0.39 is 0 Å². The van der Waals surface area contributed by atoms with Crippen molar-refractivity contribution in [3.05, 3.63) is 48.0 Å². The van der Waals surface area contributed by atoms with Gasteiger partial charge < -0.3 is 14.2 Å². The van der Waals surface area contributed by atoms with Gasteiger partial charge in [0, 0.05) is 17.9 Å². The summed E-state index contributed by atoms with van der Waals surface area (Å²) in [6, 6.07) is 10.1. The number of carbonyl (C=O) groups is 1. The minimum absolute atomic E-state index is 0.0767. The summed E-state index contributed by atoms with van der Waals surface area (Å²) in [4.78, 5) is 27.7. The van der Waals surface area contributed by atoms with Crippen LogP contribution in [-0.4, -0.2) is 49.5 Å². The number of rotatable bonds is 4. The molecule has 0 bridgehead atoms. The molecule has 1 aromatic carbocycles. The highest BCUT2D eigenvalue weighted by Crippen LogP contribution is 2.18. The number of aryl methyl sites for hydroxylation is 2. The van der Waals surface area contributed by atoms with Gasteiger partial charge in [0.25, 0.3) is 0 Å². The minimum Gasteiger partial charge on any atom is -0.458 e.